The Labute approximate surface area is 155 Å². The average Bonchev–Trinajstić information content (AvgIpc) is 3.05. The molecule has 0 aliphatic heterocycles. The molecule has 6 nitrogen and oxygen atoms in total. The molecule has 3 N–H and O–H groups in total. The number of benzene rings is 2. The highest BCUT2D eigenvalue weighted by Crippen LogP contribution is 2.20. The second kappa shape index (κ2) is 8.01. The number of aryl methyl sites for hydroxylation is 1. The first-order valence-corrected chi connectivity index (χ1v) is 8.47. The van der Waals surface area contributed by atoms with Gasteiger partial charge < -0.3 is 20.3 Å². The molecule has 140 valence electrons. The molecule has 0 aliphatic rings. The number of aliphatic hydroxyl groups is 1. The number of aromatic nitrogens is 1. The molecule has 27 heavy (non-hydrogen) atoms. The van der Waals surface area contributed by atoms with Gasteiger partial charge in [0, 0.05) is 31.9 Å². The minimum Gasteiger partial charge on any atom is -0.387 e. The van der Waals surface area contributed by atoms with Crippen LogP contribution in [-0.2, 0) is 23.2 Å². The van der Waals surface area contributed by atoms with E-state index < -0.39 is 17.9 Å². The molecule has 1 aromatic heterocycles. The van der Waals surface area contributed by atoms with Gasteiger partial charge in [-0.05, 0) is 46.8 Å². The average molecular weight is 369 g/mol. The Bertz CT molecular complexity index is 966. The number of fused-ring (bicyclic) bond motifs is 1. The molecule has 3 rings (SSSR count). The van der Waals surface area contributed by atoms with Crippen molar-refractivity contribution in [2.45, 2.75) is 12.6 Å². The molecule has 0 saturated carbocycles. The van der Waals surface area contributed by atoms with Crippen molar-refractivity contribution in [1.82, 2.24) is 15.2 Å². The third-order valence-corrected chi connectivity index (χ3v) is 4.32. The first-order chi connectivity index (χ1) is 12.9. The lowest BCUT2D eigenvalue weighted by Gasteiger charge is -2.13. The van der Waals surface area contributed by atoms with Gasteiger partial charge in [0.05, 0.1) is 6.10 Å². The fourth-order valence-corrected chi connectivity index (χ4v) is 2.76. The molecule has 7 heteroatoms. The molecular weight excluding hydrogens is 349 g/mol. The lowest BCUT2D eigenvalue weighted by Crippen LogP contribution is -2.41. The van der Waals surface area contributed by atoms with Crippen LogP contribution in [0.25, 0.3) is 10.9 Å². The van der Waals surface area contributed by atoms with E-state index in [-0.39, 0.29) is 18.9 Å². The normalized spacial score (nSPS) is 12.0. The first-order valence-electron chi connectivity index (χ1n) is 8.47. The zero-order valence-corrected chi connectivity index (χ0v) is 14.8. The number of carbonyl (C=O) groups excluding carboxylic acids is 2. The van der Waals surface area contributed by atoms with Crippen molar-refractivity contribution >= 4 is 22.7 Å². The summed E-state index contributed by atoms with van der Waals surface area (Å²) < 4.78 is 14.8. The summed E-state index contributed by atoms with van der Waals surface area (Å²) in [7, 11) is 1.93. The van der Waals surface area contributed by atoms with Crippen LogP contribution in [0.2, 0.25) is 0 Å². The second-order valence-corrected chi connectivity index (χ2v) is 6.28. The van der Waals surface area contributed by atoms with Gasteiger partial charge in [-0.2, -0.15) is 0 Å². The second-order valence-electron chi connectivity index (χ2n) is 6.28. The summed E-state index contributed by atoms with van der Waals surface area (Å²) in [5.74, 6) is -2.02. The Hall–Kier alpha value is -3.19. The summed E-state index contributed by atoms with van der Waals surface area (Å²) in [6, 6.07) is 13.1. The maximum Gasteiger partial charge on any atom is 0.309 e. The van der Waals surface area contributed by atoms with Gasteiger partial charge in [-0.25, -0.2) is 4.39 Å². The smallest absolute Gasteiger partial charge is 0.309 e. The summed E-state index contributed by atoms with van der Waals surface area (Å²) in [5.41, 5.74) is 2.37. The van der Waals surface area contributed by atoms with E-state index in [0.29, 0.717) is 11.1 Å². The highest BCUT2D eigenvalue weighted by Gasteiger charge is 2.16. The predicted octanol–water partition coefficient (Wildman–Crippen LogP) is 1.78. The number of halogens is 1. The monoisotopic (exact) mass is 369 g/mol. The minimum atomic E-state index is -0.927. The van der Waals surface area contributed by atoms with Crippen LogP contribution in [0.4, 0.5) is 4.39 Å². The summed E-state index contributed by atoms with van der Waals surface area (Å²) in [5, 5.41) is 16.1. The van der Waals surface area contributed by atoms with E-state index in [2.05, 4.69) is 10.6 Å². The van der Waals surface area contributed by atoms with Crippen LogP contribution >= 0.6 is 0 Å². The lowest BCUT2D eigenvalue weighted by molar-refractivity contribution is -0.139. The van der Waals surface area contributed by atoms with Crippen molar-refractivity contribution in [2.24, 2.45) is 7.05 Å². The fourth-order valence-electron chi connectivity index (χ4n) is 2.76. The zero-order chi connectivity index (χ0) is 19.4. The van der Waals surface area contributed by atoms with E-state index in [1.54, 1.807) is 6.07 Å². The summed E-state index contributed by atoms with van der Waals surface area (Å²) >= 11 is 0. The molecule has 0 aliphatic carbocycles. The van der Waals surface area contributed by atoms with Gasteiger partial charge in [0.1, 0.15) is 5.82 Å². The van der Waals surface area contributed by atoms with Crippen molar-refractivity contribution in [2.75, 3.05) is 6.54 Å². The van der Waals surface area contributed by atoms with Crippen molar-refractivity contribution in [3.63, 3.8) is 0 Å². The van der Waals surface area contributed by atoms with Crippen LogP contribution in [0.5, 0.6) is 0 Å². The Kier molecular flexibility index (Phi) is 5.52. The van der Waals surface area contributed by atoms with E-state index in [1.807, 2.05) is 36.0 Å². The van der Waals surface area contributed by atoms with Gasteiger partial charge in [-0.1, -0.05) is 18.2 Å². The fraction of sp³-hybridized carbons (Fsp3) is 0.200. The molecule has 0 spiro atoms. The summed E-state index contributed by atoms with van der Waals surface area (Å²) in [6.07, 6.45) is 0.997. The van der Waals surface area contributed by atoms with Crippen molar-refractivity contribution in [1.29, 1.82) is 0 Å². The van der Waals surface area contributed by atoms with Gasteiger partial charge >= 0.3 is 11.8 Å². The third kappa shape index (κ3) is 4.51. The highest BCUT2D eigenvalue weighted by molar-refractivity contribution is 6.35. The van der Waals surface area contributed by atoms with Crippen molar-refractivity contribution < 1.29 is 19.1 Å². The number of hydrogen-bond donors (Lipinski definition) is 3. The predicted molar refractivity (Wildman–Crippen MR) is 99.1 cm³/mol. The first kappa shape index (κ1) is 18.6. The summed E-state index contributed by atoms with van der Waals surface area (Å²) in [4.78, 5) is 23.7. The highest BCUT2D eigenvalue weighted by atomic mass is 19.1. The van der Waals surface area contributed by atoms with E-state index in [0.717, 1.165) is 10.9 Å². The van der Waals surface area contributed by atoms with Gasteiger partial charge in [0.25, 0.3) is 0 Å². The maximum atomic E-state index is 12.8. The number of aliphatic hydroxyl groups excluding tert-OH is 1. The lowest BCUT2D eigenvalue weighted by atomic mass is 10.1. The molecule has 3 aromatic rings. The molecule has 0 radical (unpaired) electrons. The van der Waals surface area contributed by atoms with Crippen LogP contribution in [0, 0.1) is 5.82 Å². The molecule has 1 heterocycles. The van der Waals surface area contributed by atoms with E-state index >= 15 is 0 Å². The molecule has 2 aromatic carbocycles. The van der Waals surface area contributed by atoms with Crippen LogP contribution in [-0.4, -0.2) is 28.0 Å². The number of amides is 2. The topological polar surface area (TPSA) is 83.4 Å². The number of nitrogens with zero attached hydrogens (tertiary/aromatic N) is 1. The quantitative estimate of drug-likeness (QED) is 0.600. The molecule has 1 unspecified atom stereocenters. The Morgan fingerprint density at radius 1 is 1.07 bits per heavy atom. The Balaban J connectivity index is 1.50. The standard InChI is InChI=1S/C20H20FN3O3/c1-24-9-8-14-10-15(4-7-17(14)24)18(25)12-23-20(27)19(26)22-11-13-2-5-16(21)6-3-13/h2-10,18,25H,11-12H2,1H3,(H,22,26)(H,23,27). The van der Waals surface area contributed by atoms with Gasteiger partial charge in [0.2, 0.25) is 0 Å². The Morgan fingerprint density at radius 2 is 1.78 bits per heavy atom. The van der Waals surface area contributed by atoms with Gasteiger partial charge in [0.15, 0.2) is 0 Å². The van der Waals surface area contributed by atoms with Crippen LogP contribution < -0.4 is 10.6 Å². The molecular formula is C20H20FN3O3. The molecule has 2 amide bonds. The van der Waals surface area contributed by atoms with Crippen molar-refractivity contribution in [3.05, 3.63) is 71.7 Å². The maximum absolute atomic E-state index is 12.8. The number of carbonyl (C=O) groups is 2. The number of nitrogens with one attached hydrogen (secondary N) is 2. The van der Waals surface area contributed by atoms with Crippen LogP contribution in [0.15, 0.2) is 54.7 Å². The Morgan fingerprint density at radius 3 is 2.52 bits per heavy atom. The SMILES string of the molecule is Cn1ccc2cc(C(O)CNC(=O)C(=O)NCc3ccc(F)cc3)ccc21. The largest absolute Gasteiger partial charge is 0.387 e. The zero-order valence-electron chi connectivity index (χ0n) is 14.8. The molecule has 0 bridgehead atoms. The van der Waals surface area contributed by atoms with E-state index in [1.165, 1.54) is 24.3 Å². The van der Waals surface area contributed by atoms with Crippen molar-refractivity contribution in [3.8, 4) is 0 Å². The van der Waals surface area contributed by atoms with Gasteiger partial charge in [-0.15, -0.1) is 0 Å². The number of hydrogen-bond acceptors (Lipinski definition) is 3. The van der Waals surface area contributed by atoms with Crippen LogP contribution in [0.1, 0.15) is 17.2 Å². The molecule has 0 fully saturated rings. The van der Waals surface area contributed by atoms with E-state index in [9.17, 15) is 19.1 Å². The van der Waals surface area contributed by atoms with Gasteiger partial charge in [-0.3, -0.25) is 9.59 Å². The third-order valence-electron chi connectivity index (χ3n) is 4.32. The molecule has 0 saturated heterocycles. The van der Waals surface area contributed by atoms with Crippen LogP contribution in [0.3, 0.4) is 0 Å². The molecule has 1 atom stereocenters. The van der Waals surface area contributed by atoms with E-state index in [4.69, 9.17) is 0 Å². The summed E-state index contributed by atoms with van der Waals surface area (Å²) in [6.45, 7) is 0.0287. The minimum absolute atomic E-state index is 0.0822. The number of rotatable bonds is 5.